The van der Waals surface area contributed by atoms with Crippen molar-refractivity contribution in [3.8, 4) is 0 Å². The molecule has 4 rings (SSSR count). The zero-order chi connectivity index (χ0) is 23.4. The third-order valence-electron chi connectivity index (χ3n) is 5.57. The van der Waals surface area contributed by atoms with Crippen LogP contribution in [-0.4, -0.2) is 35.1 Å². The van der Waals surface area contributed by atoms with Gasteiger partial charge >= 0.3 is 0 Å². The number of nitrogens with zero attached hydrogens (tertiary/aromatic N) is 1. The van der Waals surface area contributed by atoms with Gasteiger partial charge in [0, 0.05) is 24.2 Å². The van der Waals surface area contributed by atoms with E-state index >= 15 is 0 Å². The van der Waals surface area contributed by atoms with E-state index in [-0.39, 0.29) is 11.7 Å². The predicted octanol–water partition coefficient (Wildman–Crippen LogP) is 3.77. The summed E-state index contributed by atoms with van der Waals surface area (Å²) in [7, 11) is 0. The second-order valence-corrected chi connectivity index (χ2v) is 7.74. The fourth-order valence-corrected chi connectivity index (χ4v) is 3.84. The topological polar surface area (TPSA) is 69.6 Å². The number of carbonyl (C=O) groups excluding carboxylic acids is 2. The first kappa shape index (κ1) is 22.4. The number of aliphatic hydroxyl groups excluding tert-OH is 1. The van der Waals surface area contributed by atoms with Crippen molar-refractivity contribution >= 4 is 23.5 Å². The lowest BCUT2D eigenvalue weighted by Gasteiger charge is -2.30. The molecule has 3 aromatic rings. The molecule has 7 heteroatoms. The van der Waals surface area contributed by atoms with E-state index in [1.165, 1.54) is 36.4 Å². The van der Waals surface area contributed by atoms with Crippen LogP contribution in [0.25, 0.3) is 11.6 Å². The van der Waals surface area contributed by atoms with Crippen molar-refractivity contribution < 1.29 is 23.5 Å². The van der Waals surface area contributed by atoms with Gasteiger partial charge in [-0.3, -0.25) is 9.59 Å². The molecule has 168 valence electrons. The zero-order valence-electron chi connectivity index (χ0n) is 17.7. The Morgan fingerprint density at radius 2 is 1.55 bits per heavy atom. The van der Waals surface area contributed by atoms with Gasteiger partial charge in [0.2, 0.25) is 0 Å². The smallest absolute Gasteiger partial charge is 0.254 e. The molecule has 0 fully saturated rings. The second-order valence-electron chi connectivity index (χ2n) is 7.74. The molecule has 0 radical (unpaired) electrons. The lowest BCUT2D eigenvalue weighted by Crippen LogP contribution is -2.36. The third-order valence-corrected chi connectivity index (χ3v) is 5.57. The summed E-state index contributed by atoms with van der Waals surface area (Å²) in [5.41, 5.74) is 3.85. The number of rotatable bonds is 5. The molecule has 0 bridgehead atoms. The van der Waals surface area contributed by atoms with Gasteiger partial charge in [0.25, 0.3) is 11.8 Å². The van der Waals surface area contributed by atoms with E-state index < -0.39 is 18.5 Å². The summed E-state index contributed by atoms with van der Waals surface area (Å²) in [6, 6.07) is 16.7. The van der Waals surface area contributed by atoms with E-state index in [1.807, 2.05) is 6.07 Å². The molecule has 0 atom stereocenters. The summed E-state index contributed by atoms with van der Waals surface area (Å²) >= 11 is 0. The van der Waals surface area contributed by atoms with Gasteiger partial charge in [0.05, 0.1) is 0 Å². The number of amides is 2. The Morgan fingerprint density at radius 3 is 2.21 bits per heavy atom. The number of benzene rings is 3. The average molecular weight is 448 g/mol. The van der Waals surface area contributed by atoms with Gasteiger partial charge in [-0.25, -0.2) is 8.78 Å². The SMILES string of the molecule is O=C(NCO)c1ccc2c(c1)CN(C(=O)/C(=C/c1ccc(F)cc1)c1ccc(F)cc1)CC2. The number of aliphatic hydroxyl groups is 1. The Morgan fingerprint density at radius 1 is 0.909 bits per heavy atom. The van der Waals surface area contributed by atoms with Crippen LogP contribution in [0.15, 0.2) is 66.7 Å². The monoisotopic (exact) mass is 448 g/mol. The molecule has 1 heterocycles. The number of carbonyl (C=O) groups is 2. The van der Waals surface area contributed by atoms with Gasteiger partial charge in [-0.2, -0.15) is 0 Å². The van der Waals surface area contributed by atoms with Gasteiger partial charge in [-0.15, -0.1) is 0 Å². The van der Waals surface area contributed by atoms with Crippen LogP contribution in [0.3, 0.4) is 0 Å². The number of hydrogen-bond acceptors (Lipinski definition) is 3. The van der Waals surface area contributed by atoms with Crippen molar-refractivity contribution in [1.82, 2.24) is 10.2 Å². The summed E-state index contributed by atoms with van der Waals surface area (Å²) in [6.45, 7) is 0.322. The van der Waals surface area contributed by atoms with Crippen LogP contribution in [0, 0.1) is 11.6 Å². The van der Waals surface area contributed by atoms with Gasteiger partial charge in [-0.05, 0) is 71.1 Å². The first-order valence-corrected chi connectivity index (χ1v) is 10.5. The molecule has 2 N–H and O–H groups in total. The zero-order valence-corrected chi connectivity index (χ0v) is 17.7. The van der Waals surface area contributed by atoms with Crippen molar-refractivity contribution in [1.29, 1.82) is 0 Å². The highest BCUT2D eigenvalue weighted by Crippen LogP contribution is 2.26. The first-order valence-electron chi connectivity index (χ1n) is 10.5. The van der Waals surface area contributed by atoms with E-state index in [0.717, 1.165) is 11.1 Å². The molecule has 5 nitrogen and oxygen atoms in total. The Hall–Kier alpha value is -3.84. The Labute approximate surface area is 190 Å². The number of halogens is 2. The summed E-state index contributed by atoms with van der Waals surface area (Å²) in [5.74, 6) is -1.43. The van der Waals surface area contributed by atoms with E-state index in [2.05, 4.69) is 5.32 Å². The minimum absolute atomic E-state index is 0.248. The first-order chi connectivity index (χ1) is 15.9. The second kappa shape index (κ2) is 9.75. The van der Waals surface area contributed by atoms with Gasteiger partial charge in [-0.1, -0.05) is 30.3 Å². The van der Waals surface area contributed by atoms with Crippen molar-refractivity contribution in [2.45, 2.75) is 13.0 Å². The maximum atomic E-state index is 13.6. The Balaban J connectivity index is 1.65. The predicted molar refractivity (Wildman–Crippen MR) is 121 cm³/mol. The molecular formula is C26H22F2N2O3. The maximum Gasteiger partial charge on any atom is 0.254 e. The molecule has 2 amide bonds. The fourth-order valence-electron chi connectivity index (χ4n) is 3.84. The van der Waals surface area contributed by atoms with E-state index in [1.54, 1.807) is 35.2 Å². The van der Waals surface area contributed by atoms with Crippen LogP contribution in [-0.2, 0) is 17.8 Å². The van der Waals surface area contributed by atoms with Crippen LogP contribution >= 0.6 is 0 Å². The summed E-state index contributed by atoms with van der Waals surface area (Å²) in [6.07, 6.45) is 2.28. The molecule has 0 aliphatic carbocycles. The lowest BCUT2D eigenvalue weighted by molar-refractivity contribution is -0.125. The van der Waals surface area contributed by atoms with Crippen LogP contribution in [0.1, 0.15) is 32.6 Å². The lowest BCUT2D eigenvalue weighted by atomic mass is 9.95. The summed E-state index contributed by atoms with van der Waals surface area (Å²) in [5, 5.41) is 11.3. The summed E-state index contributed by atoms with van der Waals surface area (Å²) in [4.78, 5) is 27.3. The van der Waals surface area contributed by atoms with Crippen LogP contribution in [0.2, 0.25) is 0 Å². The van der Waals surface area contributed by atoms with Crippen molar-refractivity contribution in [2.75, 3.05) is 13.3 Å². The average Bonchev–Trinajstić information content (AvgIpc) is 2.83. The van der Waals surface area contributed by atoms with Gasteiger partial charge in [0.1, 0.15) is 18.4 Å². The number of nitrogens with one attached hydrogen (secondary N) is 1. The molecule has 0 saturated carbocycles. The van der Waals surface area contributed by atoms with Crippen molar-refractivity contribution in [3.63, 3.8) is 0 Å². The van der Waals surface area contributed by atoms with Crippen molar-refractivity contribution in [2.24, 2.45) is 0 Å². The molecule has 0 saturated heterocycles. The van der Waals surface area contributed by atoms with E-state index in [9.17, 15) is 18.4 Å². The number of hydrogen-bond donors (Lipinski definition) is 2. The molecule has 0 unspecified atom stereocenters. The minimum atomic E-state index is -0.463. The minimum Gasteiger partial charge on any atom is -0.376 e. The molecule has 0 spiro atoms. The molecule has 0 aromatic heterocycles. The molecule has 3 aromatic carbocycles. The fraction of sp³-hybridized carbons (Fsp3) is 0.154. The van der Waals surface area contributed by atoms with E-state index in [0.29, 0.717) is 41.8 Å². The quantitative estimate of drug-likeness (QED) is 0.355. The molecule has 1 aliphatic rings. The van der Waals surface area contributed by atoms with Crippen LogP contribution in [0.5, 0.6) is 0 Å². The van der Waals surface area contributed by atoms with Gasteiger partial charge < -0.3 is 15.3 Å². The van der Waals surface area contributed by atoms with Gasteiger partial charge in [0.15, 0.2) is 0 Å². The highest BCUT2D eigenvalue weighted by Gasteiger charge is 2.25. The normalized spacial score (nSPS) is 13.4. The van der Waals surface area contributed by atoms with Crippen molar-refractivity contribution in [3.05, 3.63) is 106 Å². The van der Waals surface area contributed by atoms with Crippen LogP contribution < -0.4 is 5.32 Å². The Kier molecular flexibility index (Phi) is 6.60. The van der Waals surface area contributed by atoms with Crippen LogP contribution in [0.4, 0.5) is 8.78 Å². The molecule has 33 heavy (non-hydrogen) atoms. The largest absolute Gasteiger partial charge is 0.376 e. The third kappa shape index (κ3) is 5.15. The maximum absolute atomic E-state index is 13.6. The standard InChI is InChI=1S/C26H22F2N2O3/c27-22-7-1-17(2-8-22)13-24(19-5-9-23(28)10-6-19)26(33)30-12-11-18-3-4-20(14-21(18)15-30)25(32)29-16-31/h1-10,13-14,31H,11-12,15-16H2,(H,29,32)/b24-13+. The Bertz CT molecular complexity index is 1210. The molecular weight excluding hydrogens is 426 g/mol. The summed E-state index contributed by atoms with van der Waals surface area (Å²) < 4.78 is 26.8. The highest BCUT2D eigenvalue weighted by atomic mass is 19.1. The van der Waals surface area contributed by atoms with E-state index in [4.69, 9.17) is 5.11 Å². The molecule has 1 aliphatic heterocycles. The number of fused-ring (bicyclic) bond motifs is 1. The highest BCUT2D eigenvalue weighted by molar-refractivity contribution is 6.24.